The van der Waals surface area contributed by atoms with Gasteiger partial charge in [-0.15, -0.1) is 0 Å². The van der Waals surface area contributed by atoms with E-state index in [0.717, 1.165) is 5.56 Å². The Balaban J connectivity index is 2.53. The van der Waals surface area contributed by atoms with E-state index in [-0.39, 0.29) is 6.61 Å². The summed E-state index contributed by atoms with van der Waals surface area (Å²) in [6, 6.07) is 6.88. The summed E-state index contributed by atoms with van der Waals surface area (Å²) in [6.07, 6.45) is -0.507. The third-order valence-corrected chi connectivity index (χ3v) is 1.90. The standard InChI is InChI=1S/C13H16NO4/c1-13(2,3)18-12(16)14-11-6-4-10(5-7-11)8-17-9-15/h4-7H,8H2,1-3H3,(H,14,16). The highest BCUT2D eigenvalue weighted by atomic mass is 16.6. The van der Waals surface area contributed by atoms with Gasteiger partial charge < -0.3 is 9.47 Å². The smallest absolute Gasteiger partial charge is 0.417 e. The van der Waals surface area contributed by atoms with Gasteiger partial charge >= 0.3 is 12.6 Å². The van der Waals surface area contributed by atoms with Gasteiger partial charge in [0.05, 0.1) is 0 Å². The number of rotatable bonds is 4. The molecule has 0 aliphatic carbocycles. The molecule has 5 nitrogen and oxygen atoms in total. The lowest BCUT2D eigenvalue weighted by atomic mass is 10.2. The zero-order valence-corrected chi connectivity index (χ0v) is 10.6. The molecule has 0 bridgehead atoms. The fourth-order valence-corrected chi connectivity index (χ4v) is 1.22. The van der Waals surface area contributed by atoms with Gasteiger partial charge in [-0.2, -0.15) is 0 Å². The van der Waals surface area contributed by atoms with Gasteiger partial charge in [0.15, 0.2) is 0 Å². The Bertz CT molecular complexity index is 406. The van der Waals surface area contributed by atoms with Crippen LogP contribution in [0.4, 0.5) is 10.5 Å². The Hall–Kier alpha value is -2.04. The molecule has 0 aliphatic rings. The lowest BCUT2D eigenvalue weighted by Crippen LogP contribution is -2.27. The van der Waals surface area contributed by atoms with E-state index >= 15 is 0 Å². The number of benzene rings is 1. The molecule has 0 saturated carbocycles. The molecule has 1 N–H and O–H groups in total. The van der Waals surface area contributed by atoms with Crippen LogP contribution < -0.4 is 5.32 Å². The number of nitrogens with one attached hydrogen (secondary N) is 1. The molecule has 1 aromatic carbocycles. The number of amides is 1. The first kappa shape index (κ1) is 14.0. The van der Waals surface area contributed by atoms with E-state index in [1.165, 1.54) is 6.47 Å². The van der Waals surface area contributed by atoms with Crippen molar-refractivity contribution in [2.45, 2.75) is 33.0 Å². The first-order valence-corrected chi connectivity index (χ1v) is 5.48. The topological polar surface area (TPSA) is 64.6 Å². The van der Waals surface area contributed by atoms with Gasteiger partial charge in [-0.05, 0) is 38.5 Å². The SMILES string of the molecule is CC(C)(C)OC(=O)Nc1ccc(CO[C]=O)cc1. The molecule has 18 heavy (non-hydrogen) atoms. The molecule has 97 valence electrons. The third-order valence-electron chi connectivity index (χ3n) is 1.90. The fraction of sp³-hybridized carbons (Fsp3) is 0.385. The van der Waals surface area contributed by atoms with Gasteiger partial charge in [0.25, 0.3) is 0 Å². The number of ether oxygens (including phenoxy) is 2. The summed E-state index contributed by atoms with van der Waals surface area (Å²) in [5.74, 6) is 0. The van der Waals surface area contributed by atoms with Crippen LogP contribution in [0, 0.1) is 0 Å². The maximum atomic E-state index is 11.5. The summed E-state index contributed by atoms with van der Waals surface area (Å²) < 4.78 is 9.60. The predicted molar refractivity (Wildman–Crippen MR) is 66.8 cm³/mol. The van der Waals surface area contributed by atoms with E-state index in [9.17, 15) is 9.59 Å². The summed E-state index contributed by atoms with van der Waals surface area (Å²) in [7, 11) is 0. The van der Waals surface area contributed by atoms with Crippen molar-refractivity contribution in [3.8, 4) is 0 Å². The fourth-order valence-electron chi connectivity index (χ4n) is 1.22. The lowest BCUT2D eigenvalue weighted by molar-refractivity contribution is 0.0636. The molecule has 5 heteroatoms. The third kappa shape index (κ3) is 5.34. The van der Waals surface area contributed by atoms with Crippen molar-refractivity contribution >= 4 is 18.3 Å². The maximum absolute atomic E-state index is 11.5. The van der Waals surface area contributed by atoms with Crippen molar-refractivity contribution in [3.63, 3.8) is 0 Å². The number of anilines is 1. The summed E-state index contributed by atoms with van der Waals surface area (Å²) in [6.45, 7) is 6.90. The Morgan fingerprint density at radius 2 is 1.89 bits per heavy atom. The maximum Gasteiger partial charge on any atom is 0.417 e. The number of carbonyl (C=O) groups excluding carboxylic acids is 2. The number of hydrogen-bond donors (Lipinski definition) is 1. The second-order valence-corrected chi connectivity index (χ2v) is 4.70. The van der Waals surface area contributed by atoms with Crippen molar-refractivity contribution in [2.75, 3.05) is 5.32 Å². The quantitative estimate of drug-likeness (QED) is 0.892. The molecule has 1 radical (unpaired) electrons. The second-order valence-electron chi connectivity index (χ2n) is 4.70. The van der Waals surface area contributed by atoms with Gasteiger partial charge in [-0.1, -0.05) is 12.1 Å². The first-order chi connectivity index (χ1) is 8.40. The highest BCUT2D eigenvalue weighted by molar-refractivity contribution is 5.84. The molecule has 0 atom stereocenters. The van der Waals surface area contributed by atoms with E-state index in [0.29, 0.717) is 5.69 Å². The van der Waals surface area contributed by atoms with Crippen LogP contribution in [0.5, 0.6) is 0 Å². The van der Waals surface area contributed by atoms with Crippen molar-refractivity contribution in [3.05, 3.63) is 29.8 Å². The van der Waals surface area contributed by atoms with Crippen molar-refractivity contribution < 1.29 is 19.1 Å². The zero-order valence-electron chi connectivity index (χ0n) is 10.6. The van der Waals surface area contributed by atoms with Gasteiger partial charge in [0.2, 0.25) is 0 Å². The first-order valence-electron chi connectivity index (χ1n) is 5.48. The number of carbonyl (C=O) groups is 1. The minimum Gasteiger partial charge on any atom is -0.452 e. The van der Waals surface area contributed by atoms with Crippen LogP contribution in [0.2, 0.25) is 0 Å². The van der Waals surface area contributed by atoms with E-state index < -0.39 is 11.7 Å². The Morgan fingerprint density at radius 3 is 2.39 bits per heavy atom. The molecule has 0 saturated heterocycles. The van der Waals surface area contributed by atoms with Gasteiger partial charge in [-0.3, -0.25) is 5.32 Å². The molecular weight excluding hydrogens is 234 g/mol. The minimum atomic E-state index is -0.530. The molecule has 0 heterocycles. The highest BCUT2D eigenvalue weighted by Gasteiger charge is 2.15. The molecule has 1 rings (SSSR count). The molecule has 1 amide bonds. The van der Waals surface area contributed by atoms with Crippen molar-refractivity contribution in [1.29, 1.82) is 0 Å². The van der Waals surface area contributed by atoms with Crippen LogP contribution in [0.1, 0.15) is 26.3 Å². The number of hydrogen-bond acceptors (Lipinski definition) is 4. The van der Waals surface area contributed by atoms with Gasteiger partial charge in [-0.25, -0.2) is 9.59 Å². The zero-order chi connectivity index (χ0) is 13.6. The normalized spacial score (nSPS) is 10.6. The van der Waals surface area contributed by atoms with Crippen LogP contribution in [0.25, 0.3) is 0 Å². The Morgan fingerprint density at radius 1 is 1.28 bits per heavy atom. The van der Waals surface area contributed by atoms with Crippen LogP contribution in [0.15, 0.2) is 24.3 Å². The van der Waals surface area contributed by atoms with Crippen molar-refractivity contribution in [2.24, 2.45) is 0 Å². The predicted octanol–water partition coefficient (Wildman–Crippen LogP) is 2.62. The molecular formula is C13H16NO4. The van der Waals surface area contributed by atoms with Gasteiger partial charge in [0, 0.05) is 5.69 Å². The highest BCUT2D eigenvalue weighted by Crippen LogP contribution is 2.13. The van der Waals surface area contributed by atoms with E-state index in [1.54, 1.807) is 45.0 Å². The monoisotopic (exact) mass is 250 g/mol. The van der Waals surface area contributed by atoms with Crippen LogP contribution >= 0.6 is 0 Å². The largest absolute Gasteiger partial charge is 0.452 e. The molecule has 0 aliphatic heterocycles. The van der Waals surface area contributed by atoms with Crippen LogP contribution in [0.3, 0.4) is 0 Å². The molecule has 0 spiro atoms. The average Bonchev–Trinajstić information content (AvgIpc) is 2.25. The van der Waals surface area contributed by atoms with Crippen molar-refractivity contribution in [1.82, 2.24) is 0 Å². The van der Waals surface area contributed by atoms with E-state index in [4.69, 9.17) is 4.74 Å². The molecule has 0 fully saturated rings. The van der Waals surface area contributed by atoms with Crippen LogP contribution in [-0.4, -0.2) is 18.2 Å². The Labute approximate surface area is 106 Å². The van der Waals surface area contributed by atoms with E-state index in [1.807, 2.05) is 0 Å². The summed E-state index contributed by atoms with van der Waals surface area (Å²) in [5.41, 5.74) is 0.897. The van der Waals surface area contributed by atoms with E-state index in [2.05, 4.69) is 10.1 Å². The summed E-state index contributed by atoms with van der Waals surface area (Å²) in [5, 5.41) is 2.60. The Kier molecular flexibility index (Phi) is 4.71. The lowest BCUT2D eigenvalue weighted by Gasteiger charge is -2.19. The van der Waals surface area contributed by atoms with Gasteiger partial charge in [0.1, 0.15) is 12.2 Å². The van der Waals surface area contributed by atoms with Crippen LogP contribution in [-0.2, 0) is 20.9 Å². The molecule has 0 unspecified atom stereocenters. The molecule has 1 aromatic rings. The minimum absolute atomic E-state index is 0.163. The summed E-state index contributed by atoms with van der Waals surface area (Å²) >= 11 is 0. The summed E-state index contributed by atoms with van der Waals surface area (Å²) in [4.78, 5) is 21.4. The second kappa shape index (κ2) is 6.05. The molecule has 0 aromatic heterocycles. The average molecular weight is 250 g/mol.